The maximum Gasteiger partial charge on any atom is 0.240 e. The van der Waals surface area contributed by atoms with Crippen LogP contribution in [0.4, 0.5) is 8.78 Å². The summed E-state index contributed by atoms with van der Waals surface area (Å²) < 4.78 is 27.0. The zero-order chi connectivity index (χ0) is 14.7. The van der Waals surface area contributed by atoms with Crippen LogP contribution < -0.4 is 5.32 Å². The molecule has 0 spiro atoms. The van der Waals surface area contributed by atoms with Crippen molar-refractivity contribution in [2.45, 2.75) is 12.6 Å². The third kappa shape index (κ3) is 3.13. The number of carbonyl (C=O) groups is 1. The summed E-state index contributed by atoms with van der Waals surface area (Å²) in [7, 11) is 3.38. The molecule has 1 aliphatic rings. The lowest BCUT2D eigenvalue weighted by Gasteiger charge is -2.36. The summed E-state index contributed by atoms with van der Waals surface area (Å²) in [5.41, 5.74) is 0.281. The van der Waals surface area contributed by atoms with Gasteiger partial charge in [-0.2, -0.15) is 0 Å². The van der Waals surface area contributed by atoms with Crippen LogP contribution in [0.25, 0.3) is 0 Å². The Labute approximate surface area is 117 Å². The molecule has 1 aliphatic heterocycles. The smallest absolute Gasteiger partial charge is 0.240 e. The number of rotatable bonds is 3. The second-order valence-electron chi connectivity index (χ2n) is 5.14. The van der Waals surface area contributed by atoms with Gasteiger partial charge in [-0.05, 0) is 6.07 Å². The molecule has 1 aromatic carbocycles. The van der Waals surface area contributed by atoms with E-state index in [1.807, 2.05) is 4.90 Å². The van der Waals surface area contributed by atoms with E-state index >= 15 is 0 Å². The van der Waals surface area contributed by atoms with E-state index in [1.54, 1.807) is 20.2 Å². The van der Waals surface area contributed by atoms with E-state index < -0.39 is 11.6 Å². The van der Waals surface area contributed by atoms with Gasteiger partial charge in [0.1, 0.15) is 6.04 Å². The van der Waals surface area contributed by atoms with Crippen molar-refractivity contribution < 1.29 is 13.6 Å². The lowest BCUT2D eigenvalue weighted by atomic mass is 10.1. The monoisotopic (exact) mass is 283 g/mol. The van der Waals surface area contributed by atoms with Gasteiger partial charge < -0.3 is 10.2 Å². The van der Waals surface area contributed by atoms with Crippen LogP contribution in [0.2, 0.25) is 0 Å². The van der Waals surface area contributed by atoms with Gasteiger partial charge in [0.2, 0.25) is 5.91 Å². The van der Waals surface area contributed by atoms with Gasteiger partial charge in [0, 0.05) is 45.8 Å². The van der Waals surface area contributed by atoms with Gasteiger partial charge in [-0.25, -0.2) is 8.78 Å². The Hall–Kier alpha value is -1.53. The molecule has 0 saturated carbocycles. The molecule has 0 aliphatic carbocycles. The highest BCUT2D eigenvalue weighted by atomic mass is 19.2. The molecule has 1 atom stereocenters. The standard InChI is InChI=1S/C14H19F2N3O/c1-18(2)14(20)12-8-17-6-7-19(12)9-10-4-3-5-11(15)13(10)16/h3-5,12,17H,6-9H2,1-2H3. The summed E-state index contributed by atoms with van der Waals surface area (Å²) in [6.45, 7) is 2.11. The van der Waals surface area contributed by atoms with Crippen LogP contribution in [-0.2, 0) is 11.3 Å². The van der Waals surface area contributed by atoms with Gasteiger partial charge in [0.15, 0.2) is 11.6 Å². The number of hydrogen-bond donors (Lipinski definition) is 1. The number of amides is 1. The van der Waals surface area contributed by atoms with E-state index in [2.05, 4.69) is 5.32 Å². The van der Waals surface area contributed by atoms with Crippen molar-refractivity contribution in [1.29, 1.82) is 0 Å². The summed E-state index contributed by atoms with van der Waals surface area (Å²) >= 11 is 0. The molecular formula is C14H19F2N3O. The molecule has 110 valence electrons. The van der Waals surface area contributed by atoms with Gasteiger partial charge in [0.05, 0.1) is 0 Å². The Morgan fingerprint density at radius 2 is 2.20 bits per heavy atom. The Kier molecular flexibility index (Phi) is 4.67. The van der Waals surface area contributed by atoms with Gasteiger partial charge in [-0.15, -0.1) is 0 Å². The van der Waals surface area contributed by atoms with Crippen molar-refractivity contribution in [1.82, 2.24) is 15.1 Å². The fourth-order valence-electron chi connectivity index (χ4n) is 2.37. The summed E-state index contributed by atoms with van der Waals surface area (Å²) in [4.78, 5) is 15.5. The summed E-state index contributed by atoms with van der Waals surface area (Å²) in [5, 5.41) is 3.16. The molecule has 2 rings (SSSR count). The highest BCUT2D eigenvalue weighted by molar-refractivity contribution is 5.81. The van der Waals surface area contributed by atoms with Crippen LogP contribution >= 0.6 is 0 Å². The molecule has 20 heavy (non-hydrogen) atoms. The quantitative estimate of drug-likeness (QED) is 0.892. The van der Waals surface area contributed by atoms with Crippen molar-refractivity contribution in [2.24, 2.45) is 0 Å². The van der Waals surface area contributed by atoms with Crippen LogP contribution in [0, 0.1) is 11.6 Å². The lowest BCUT2D eigenvalue weighted by Crippen LogP contribution is -2.57. The molecule has 4 nitrogen and oxygen atoms in total. The van der Waals surface area contributed by atoms with Gasteiger partial charge >= 0.3 is 0 Å². The third-order valence-electron chi connectivity index (χ3n) is 3.49. The third-order valence-corrected chi connectivity index (χ3v) is 3.49. The fraction of sp³-hybridized carbons (Fsp3) is 0.500. The minimum Gasteiger partial charge on any atom is -0.347 e. The lowest BCUT2D eigenvalue weighted by molar-refractivity contribution is -0.135. The molecular weight excluding hydrogens is 264 g/mol. The van der Waals surface area contributed by atoms with Crippen molar-refractivity contribution in [3.8, 4) is 0 Å². The van der Waals surface area contributed by atoms with E-state index in [-0.39, 0.29) is 24.1 Å². The van der Waals surface area contributed by atoms with Gasteiger partial charge in [-0.3, -0.25) is 9.69 Å². The number of carbonyl (C=O) groups excluding carboxylic acids is 1. The summed E-state index contributed by atoms with van der Waals surface area (Å²) in [5.74, 6) is -1.72. The van der Waals surface area contributed by atoms with Crippen molar-refractivity contribution in [3.05, 3.63) is 35.4 Å². The zero-order valence-corrected chi connectivity index (χ0v) is 11.7. The molecule has 1 fully saturated rings. The second-order valence-corrected chi connectivity index (χ2v) is 5.14. The first-order valence-electron chi connectivity index (χ1n) is 6.59. The predicted octanol–water partition coefficient (Wildman–Crippen LogP) is 0.827. The van der Waals surface area contributed by atoms with Crippen molar-refractivity contribution >= 4 is 5.91 Å². The van der Waals surface area contributed by atoms with E-state index in [9.17, 15) is 13.6 Å². The average Bonchev–Trinajstić information content (AvgIpc) is 2.43. The maximum absolute atomic E-state index is 13.7. The first-order valence-corrected chi connectivity index (χ1v) is 6.59. The van der Waals surface area contributed by atoms with Crippen LogP contribution in [0.3, 0.4) is 0 Å². The zero-order valence-electron chi connectivity index (χ0n) is 11.7. The number of halogens is 2. The molecule has 1 saturated heterocycles. The van der Waals surface area contributed by atoms with Crippen LogP contribution in [0.15, 0.2) is 18.2 Å². The minimum atomic E-state index is -0.854. The highest BCUT2D eigenvalue weighted by Crippen LogP contribution is 2.16. The van der Waals surface area contributed by atoms with Crippen LogP contribution in [0.1, 0.15) is 5.56 Å². The Balaban J connectivity index is 2.16. The Bertz CT molecular complexity index is 493. The first-order chi connectivity index (χ1) is 9.50. The van der Waals surface area contributed by atoms with Crippen LogP contribution in [-0.4, -0.2) is 55.5 Å². The Morgan fingerprint density at radius 1 is 1.45 bits per heavy atom. The molecule has 1 amide bonds. The number of nitrogens with zero attached hydrogens (tertiary/aromatic N) is 2. The number of benzene rings is 1. The fourth-order valence-corrected chi connectivity index (χ4v) is 2.37. The van der Waals surface area contributed by atoms with Crippen molar-refractivity contribution in [2.75, 3.05) is 33.7 Å². The summed E-state index contributed by atoms with van der Waals surface area (Å²) in [6, 6.07) is 3.79. The minimum absolute atomic E-state index is 0.0333. The van der Waals surface area contributed by atoms with E-state index in [0.29, 0.717) is 13.1 Å². The van der Waals surface area contributed by atoms with E-state index in [4.69, 9.17) is 0 Å². The molecule has 1 heterocycles. The molecule has 0 bridgehead atoms. The van der Waals surface area contributed by atoms with Crippen molar-refractivity contribution in [3.63, 3.8) is 0 Å². The van der Waals surface area contributed by atoms with Gasteiger partial charge in [0.25, 0.3) is 0 Å². The largest absolute Gasteiger partial charge is 0.347 e. The second kappa shape index (κ2) is 6.28. The molecule has 1 unspecified atom stereocenters. The topological polar surface area (TPSA) is 35.6 Å². The van der Waals surface area contributed by atoms with Gasteiger partial charge in [-0.1, -0.05) is 12.1 Å². The number of likely N-dealkylation sites (N-methyl/N-ethyl adjacent to an activating group) is 1. The molecule has 0 aromatic heterocycles. The Morgan fingerprint density at radius 3 is 2.90 bits per heavy atom. The first kappa shape index (κ1) is 14.9. The SMILES string of the molecule is CN(C)C(=O)C1CNCCN1Cc1cccc(F)c1F. The molecule has 0 radical (unpaired) electrons. The van der Waals surface area contributed by atoms with E-state index in [0.717, 1.165) is 12.6 Å². The highest BCUT2D eigenvalue weighted by Gasteiger charge is 2.30. The molecule has 1 N–H and O–H groups in total. The number of nitrogens with one attached hydrogen (secondary N) is 1. The molecule has 6 heteroatoms. The average molecular weight is 283 g/mol. The summed E-state index contributed by atoms with van der Waals surface area (Å²) in [6.07, 6.45) is 0. The van der Waals surface area contributed by atoms with Crippen LogP contribution in [0.5, 0.6) is 0 Å². The maximum atomic E-state index is 13.7. The van der Waals surface area contributed by atoms with E-state index in [1.165, 1.54) is 11.0 Å². The number of piperazine rings is 1. The number of hydrogen-bond acceptors (Lipinski definition) is 3. The molecule has 1 aromatic rings. The normalized spacial score (nSPS) is 19.9. The predicted molar refractivity (Wildman–Crippen MR) is 72.1 cm³/mol.